The lowest BCUT2D eigenvalue weighted by Crippen LogP contribution is -2.42. The molecular formula is C14H24N2. The predicted octanol–water partition coefficient (Wildman–Crippen LogP) is 3.05. The van der Waals surface area contributed by atoms with Gasteiger partial charge in [-0.1, -0.05) is 20.3 Å². The zero-order valence-electron chi connectivity index (χ0n) is 10.7. The summed E-state index contributed by atoms with van der Waals surface area (Å²) in [6, 6.07) is 2.86. The average molecular weight is 220 g/mol. The van der Waals surface area contributed by atoms with Crippen molar-refractivity contribution >= 4 is 0 Å². The number of nitrogens with zero attached hydrogens (tertiary/aromatic N) is 2. The van der Waals surface area contributed by atoms with Gasteiger partial charge in [0.25, 0.3) is 0 Å². The molecule has 2 nitrogen and oxygen atoms in total. The van der Waals surface area contributed by atoms with Crippen molar-refractivity contribution in [2.75, 3.05) is 13.1 Å². The molecule has 0 aromatic rings. The van der Waals surface area contributed by atoms with Crippen LogP contribution >= 0.6 is 0 Å². The third-order valence-corrected chi connectivity index (χ3v) is 3.23. The van der Waals surface area contributed by atoms with E-state index >= 15 is 0 Å². The van der Waals surface area contributed by atoms with Gasteiger partial charge in [0.2, 0.25) is 0 Å². The predicted molar refractivity (Wildman–Crippen MR) is 68.8 cm³/mol. The Hall–Kier alpha value is -0.990. The third-order valence-electron chi connectivity index (χ3n) is 3.23. The maximum absolute atomic E-state index is 8.77. The molecule has 0 N–H and O–H groups in total. The highest BCUT2D eigenvalue weighted by Crippen LogP contribution is 2.24. The van der Waals surface area contributed by atoms with Gasteiger partial charge < -0.3 is 0 Å². The molecule has 2 atom stereocenters. The number of piperidine rings is 1. The molecule has 1 saturated heterocycles. The molecule has 1 fully saturated rings. The third kappa shape index (κ3) is 5.19. The Morgan fingerprint density at radius 3 is 2.69 bits per heavy atom. The maximum Gasteiger partial charge on any atom is 0.0638 e. The lowest BCUT2D eigenvalue weighted by molar-refractivity contribution is 0.119. The summed E-state index contributed by atoms with van der Waals surface area (Å²) >= 11 is 0. The first kappa shape index (κ1) is 15.0. The number of hydrogen-bond acceptors (Lipinski definition) is 2. The van der Waals surface area contributed by atoms with Crippen molar-refractivity contribution in [2.45, 2.75) is 52.0 Å². The first-order chi connectivity index (χ1) is 7.77. The summed E-state index contributed by atoms with van der Waals surface area (Å²) in [4.78, 5) is 2.52. The van der Waals surface area contributed by atoms with E-state index in [4.69, 9.17) is 5.26 Å². The molecule has 0 spiro atoms. The van der Waals surface area contributed by atoms with Gasteiger partial charge in [-0.15, -0.1) is 12.8 Å². The molecular weight excluding hydrogens is 196 g/mol. The molecule has 0 aromatic heterocycles. The number of unbranched alkanes of at least 4 members (excludes halogenated alkanes) is 1. The monoisotopic (exact) mass is 220 g/mol. The molecule has 1 aliphatic heterocycles. The summed E-state index contributed by atoms with van der Waals surface area (Å²) in [5.41, 5.74) is 0. The van der Waals surface area contributed by atoms with E-state index in [9.17, 15) is 0 Å². The van der Waals surface area contributed by atoms with E-state index < -0.39 is 0 Å². The van der Waals surface area contributed by atoms with Crippen molar-refractivity contribution in [3.05, 3.63) is 0 Å². The van der Waals surface area contributed by atoms with Gasteiger partial charge in [-0.3, -0.25) is 4.90 Å². The molecule has 0 radical (unpaired) electrons. The number of nitriles is 1. The van der Waals surface area contributed by atoms with Crippen LogP contribution in [0.25, 0.3) is 0 Å². The van der Waals surface area contributed by atoms with E-state index in [1.54, 1.807) is 0 Å². The second-order valence-corrected chi connectivity index (χ2v) is 4.54. The smallest absolute Gasteiger partial charge is 0.0638 e. The van der Waals surface area contributed by atoms with Crippen LogP contribution in [-0.4, -0.2) is 24.0 Å². The molecule has 0 aliphatic carbocycles. The summed E-state index contributed by atoms with van der Waals surface area (Å²) in [6.45, 7) is 6.93. The standard InChI is InChI=1S/C12H22N2.C2H2/c1-3-4-8-14-9-6-11(2)10-12(14)5-7-13;1-2/h11-12H,3-6,8-10H2,1-2H3;1-2H. The fourth-order valence-electron chi connectivity index (χ4n) is 2.27. The number of terminal acetylenes is 1. The van der Waals surface area contributed by atoms with Crippen LogP contribution in [0.2, 0.25) is 0 Å². The quantitative estimate of drug-likeness (QED) is 0.681. The lowest BCUT2D eigenvalue weighted by Gasteiger charge is -2.37. The Kier molecular flexibility index (Phi) is 8.68. The normalized spacial score (nSPS) is 25.2. The van der Waals surface area contributed by atoms with Crippen molar-refractivity contribution in [3.8, 4) is 18.9 Å². The highest BCUT2D eigenvalue weighted by molar-refractivity contribution is 4.87. The molecule has 1 aliphatic rings. The van der Waals surface area contributed by atoms with Crippen molar-refractivity contribution in [1.29, 1.82) is 5.26 Å². The first-order valence-electron chi connectivity index (χ1n) is 6.22. The van der Waals surface area contributed by atoms with Gasteiger partial charge in [-0.05, 0) is 38.3 Å². The number of hydrogen-bond donors (Lipinski definition) is 0. The molecule has 1 heterocycles. The Morgan fingerprint density at radius 2 is 2.12 bits per heavy atom. The van der Waals surface area contributed by atoms with Gasteiger partial charge in [-0.25, -0.2) is 0 Å². The maximum atomic E-state index is 8.77. The minimum absolute atomic E-state index is 0.537. The topological polar surface area (TPSA) is 27.0 Å². The van der Waals surface area contributed by atoms with Gasteiger partial charge in [0.15, 0.2) is 0 Å². The lowest BCUT2D eigenvalue weighted by atomic mass is 9.91. The van der Waals surface area contributed by atoms with Gasteiger partial charge in [0.1, 0.15) is 0 Å². The molecule has 0 amide bonds. The summed E-state index contributed by atoms with van der Waals surface area (Å²) in [7, 11) is 0. The van der Waals surface area contributed by atoms with Gasteiger partial charge in [0, 0.05) is 6.04 Å². The molecule has 0 bridgehead atoms. The zero-order chi connectivity index (χ0) is 12.4. The van der Waals surface area contributed by atoms with Crippen molar-refractivity contribution in [1.82, 2.24) is 4.90 Å². The highest BCUT2D eigenvalue weighted by atomic mass is 15.2. The second-order valence-electron chi connectivity index (χ2n) is 4.54. The summed E-state index contributed by atoms with van der Waals surface area (Å²) in [5.74, 6) is 0.811. The van der Waals surface area contributed by atoms with E-state index in [1.165, 1.54) is 38.8 Å². The van der Waals surface area contributed by atoms with Crippen LogP contribution in [0.1, 0.15) is 46.0 Å². The Balaban J connectivity index is 0.00000106. The van der Waals surface area contributed by atoms with E-state index in [2.05, 4.69) is 37.7 Å². The molecule has 0 aromatic carbocycles. The van der Waals surface area contributed by atoms with E-state index in [0.717, 1.165) is 5.92 Å². The Labute approximate surface area is 101 Å². The molecule has 0 saturated carbocycles. The number of likely N-dealkylation sites (tertiary alicyclic amines) is 1. The van der Waals surface area contributed by atoms with Crippen LogP contribution in [0, 0.1) is 30.1 Å². The van der Waals surface area contributed by atoms with Crippen LogP contribution in [0.4, 0.5) is 0 Å². The SMILES string of the molecule is C#C.CCCCN1CCC(C)CC1CC#N. The minimum Gasteiger partial charge on any atom is -0.299 e. The Morgan fingerprint density at radius 1 is 1.44 bits per heavy atom. The van der Waals surface area contributed by atoms with Crippen molar-refractivity contribution < 1.29 is 0 Å². The molecule has 2 unspecified atom stereocenters. The minimum atomic E-state index is 0.537. The van der Waals surface area contributed by atoms with Crippen molar-refractivity contribution in [3.63, 3.8) is 0 Å². The molecule has 16 heavy (non-hydrogen) atoms. The average Bonchev–Trinajstić information content (AvgIpc) is 2.31. The zero-order valence-corrected chi connectivity index (χ0v) is 10.7. The van der Waals surface area contributed by atoms with Crippen molar-refractivity contribution in [2.24, 2.45) is 5.92 Å². The van der Waals surface area contributed by atoms with Crippen LogP contribution in [0.15, 0.2) is 0 Å². The van der Waals surface area contributed by atoms with Gasteiger partial charge in [0.05, 0.1) is 12.5 Å². The largest absolute Gasteiger partial charge is 0.299 e. The molecule has 90 valence electrons. The van der Waals surface area contributed by atoms with E-state index in [1.807, 2.05) is 0 Å². The van der Waals surface area contributed by atoms with Crippen LogP contribution < -0.4 is 0 Å². The first-order valence-corrected chi connectivity index (χ1v) is 6.22. The van der Waals surface area contributed by atoms with E-state index in [-0.39, 0.29) is 0 Å². The van der Waals surface area contributed by atoms with Gasteiger partial charge in [-0.2, -0.15) is 5.26 Å². The Bertz CT molecular complexity index is 225. The fraction of sp³-hybridized carbons (Fsp3) is 0.786. The summed E-state index contributed by atoms with van der Waals surface area (Å²) in [5, 5.41) is 8.77. The molecule has 2 heteroatoms. The van der Waals surface area contributed by atoms with Crippen LogP contribution in [0.5, 0.6) is 0 Å². The van der Waals surface area contributed by atoms with E-state index in [0.29, 0.717) is 12.5 Å². The summed E-state index contributed by atoms with van der Waals surface area (Å²) < 4.78 is 0. The summed E-state index contributed by atoms with van der Waals surface area (Å²) in [6.07, 6.45) is 13.8. The van der Waals surface area contributed by atoms with Gasteiger partial charge >= 0.3 is 0 Å². The molecule has 1 rings (SSSR count). The number of rotatable bonds is 4. The fourth-order valence-corrected chi connectivity index (χ4v) is 2.27. The highest BCUT2D eigenvalue weighted by Gasteiger charge is 2.25. The van der Waals surface area contributed by atoms with Crippen LogP contribution in [-0.2, 0) is 0 Å². The van der Waals surface area contributed by atoms with Crippen LogP contribution in [0.3, 0.4) is 0 Å². The second kappa shape index (κ2) is 9.25.